The molecule has 0 aliphatic heterocycles. The van der Waals surface area contributed by atoms with Crippen molar-refractivity contribution in [1.29, 1.82) is 5.26 Å². The minimum Gasteiger partial charge on any atom is -0.481 e. The van der Waals surface area contributed by atoms with E-state index in [-0.39, 0.29) is 12.1 Å². The molecule has 2 heterocycles. The summed E-state index contributed by atoms with van der Waals surface area (Å²) in [6, 6.07) is 19.7. The maximum Gasteiger partial charge on any atom is 0.313 e. The number of hydrogen-bond donors (Lipinski definition) is 1. The van der Waals surface area contributed by atoms with Crippen LogP contribution in [0.1, 0.15) is 30.5 Å². The smallest absolute Gasteiger partial charge is 0.313 e. The van der Waals surface area contributed by atoms with Gasteiger partial charge in [0.15, 0.2) is 5.82 Å². The highest BCUT2D eigenvalue weighted by Crippen LogP contribution is 2.24. The number of carboxylic acid groups (broad SMARTS) is 1. The summed E-state index contributed by atoms with van der Waals surface area (Å²) in [5.74, 6) is -0.500. The molecule has 34 heavy (non-hydrogen) atoms. The number of benzene rings is 2. The zero-order chi connectivity index (χ0) is 24.3. The standard InChI is InChI=1S/C26H21N5O3/c1-26(2,25(33)34)21-14-28-24(29-15-21)20-8-4-6-18(12-20)16-31-23(32)10-9-22(30-31)19-7-3-5-17(11-19)13-27/h3-12,14-15H,16H2,1-2H3,(H,33,34). The second-order valence-corrected chi connectivity index (χ2v) is 8.33. The summed E-state index contributed by atoms with van der Waals surface area (Å²) in [5, 5.41) is 23.0. The molecular formula is C26H21N5O3. The zero-order valence-corrected chi connectivity index (χ0v) is 18.6. The molecule has 0 unspecified atom stereocenters. The normalized spacial score (nSPS) is 11.1. The monoisotopic (exact) mass is 451 g/mol. The third kappa shape index (κ3) is 4.59. The van der Waals surface area contributed by atoms with Crippen molar-refractivity contribution < 1.29 is 9.90 Å². The molecule has 0 atom stereocenters. The summed E-state index contributed by atoms with van der Waals surface area (Å²) < 4.78 is 1.37. The number of hydrogen-bond acceptors (Lipinski definition) is 6. The van der Waals surface area contributed by atoms with Gasteiger partial charge in [-0.3, -0.25) is 9.59 Å². The Morgan fingerprint density at radius 1 is 1.03 bits per heavy atom. The van der Waals surface area contributed by atoms with Gasteiger partial charge < -0.3 is 5.11 Å². The van der Waals surface area contributed by atoms with Crippen LogP contribution in [0.2, 0.25) is 0 Å². The van der Waals surface area contributed by atoms with Crippen molar-refractivity contribution in [3.05, 3.63) is 100 Å². The number of nitrogens with zero attached hydrogens (tertiary/aromatic N) is 5. The quantitative estimate of drug-likeness (QED) is 0.475. The first-order chi connectivity index (χ1) is 16.3. The molecule has 8 heteroatoms. The number of aliphatic carboxylic acids is 1. The van der Waals surface area contributed by atoms with Crippen LogP contribution in [-0.4, -0.2) is 30.8 Å². The predicted octanol–water partition coefficient (Wildman–Crippen LogP) is 3.65. The molecule has 4 aromatic rings. The third-order valence-electron chi connectivity index (χ3n) is 5.58. The molecule has 8 nitrogen and oxygen atoms in total. The van der Waals surface area contributed by atoms with Crippen LogP contribution in [0, 0.1) is 11.3 Å². The second kappa shape index (κ2) is 9.08. The molecule has 1 N–H and O–H groups in total. The first kappa shape index (κ1) is 22.6. The van der Waals surface area contributed by atoms with Gasteiger partial charge in [0.2, 0.25) is 0 Å². The lowest BCUT2D eigenvalue weighted by atomic mass is 9.87. The molecule has 4 rings (SSSR count). The van der Waals surface area contributed by atoms with Crippen molar-refractivity contribution in [3.63, 3.8) is 0 Å². The van der Waals surface area contributed by atoms with Crippen LogP contribution >= 0.6 is 0 Å². The number of nitriles is 1. The Morgan fingerprint density at radius 2 is 1.74 bits per heavy atom. The lowest BCUT2D eigenvalue weighted by Gasteiger charge is -2.18. The Morgan fingerprint density at radius 3 is 2.44 bits per heavy atom. The number of rotatable bonds is 6. The van der Waals surface area contributed by atoms with Gasteiger partial charge in [-0.1, -0.05) is 30.3 Å². The Labute approximate surface area is 195 Å². The number of carbonyl (C=O) groups is 1. The molecule has 0 radical (unpaired) electrons. The van der Waals surface area contributed by atoms with E-state index in [2.05, 4.69) is 21.1 Å². The SMILES string of the molecule is CC(C)(C(=O)O)c1cnc(-c2cccc(Cn3nc(-c4cccc(C#N)c4)ccc3=O)c2)nc1. The van der Waals surface area contributed by atoms with Gasteiger partial charge in [0.1, 0.15) is 0 Å². The van der Waals surface area contributed by atoms with Gasteiger partial charge in [0, 0.05) is 35.2 Å². The van der Waals surface area contributed by atoms with E-state index in [1.54, 1.807) is 38.1 Å². The summed E-state index contributed by atoms with van der Waals surface area (Å²) in [5.41, 5.74) is 2.59. The van der Waals surface area contributed by atoms with E-state index in [4.69, 9.17) is 5.26 Å². The van der Waals surface area contributed by atoms with Crippen LogP contribution < -0.4 is 5.56 Å². The average Bonchev–Trinajstić information content (AvgIpc) is 2.85. The molecular weight excluding hydrogens is 430 g/mol. The summed E-state index contributed by atoms with van der Waals surface area (Å²) in [6.45, 7) is 3.44. The molecule has 0 amide bonds. The Kier molecular flexibility index (Phi) is 6.02. The molecule has 168 valence electrons. The highest BCUT2D eigenvalue weighted by molar-refractivity contribution is 5.80. The largest absolute Gasteiger partial charge is 0.481 e. The van der Waals surface area contributed by atoms with Crippen molar-refractivity contribution in [2.24, 2.45) is 0 Å². The predicted molar refractivity (Wildman–Crippen MR) is 126 cm³/mol. The van der Waals surface area contributed by atoms with E-state index in [0.717, 1.165) is 16.7 Å². The fourth-order valence-corrected chi connectivity index (χ4v) is 3.37. The van der Waals surface area contributed by atoms with E-state index in [0.29, 0.717) is 22.6 Å². The Hall–Kier alpha value is -4.64. The van der Waals surface area contributed by atoms with Gasteiger partial charge >= 0.3 is 5.97 Å². The summed E-state index contributed by atoms with van der Waals surface area (Å²) in [7, 11) is 0. The Balaban J connectivity index is 1.61. The van der Waals surface area contributed by atoms with Crippen LogP contribution in [0.5, 0.6) is 0 Å². The minimum absolute atomic E-state index is 0.239. The van der Waals surface area contributed by atoms with Crippen LogP contribution in [0.15, 0.2) is 77.9 Å². The van der Waals surface area contributed by atoms with Crippen LogP contribution in [-0.2, 0) is 16.8 Å². The van der Waals surface area contributed by atoms with Crippen molar-refractivity contribution >= 4 is 5.97 Å². The molecule has 0 saturated carbocycles. The molecule has 0 spiro atoms. The Bertz CT molecular complexity index is 1470. The maximum atomic E-state index is 12.4. The van der Waals surface area contributed by atoms with Gasteiger partial charge in [-0.15, -0.1) is 0 Å². The fraction of sp³-hybridized carbons (Fsp3) is 0.154. The second-order valence-electron chi connectivity index (χ2n) is 8.33. The maximum absolute atomic E-state index is 12.4. The van der Waals surface area contributed by atoms with E-state index >= 15 is 0 Å². The molecule has 2 aromatic heterocycles. The third-order valence-corrected chi connectivity index (χ3v) is 5.58. The highest BCUT2D eigenvalue weighted by atomic mass is 16.4. The van der Waals surface area contributed by atoms with Gasteiger partial charge in [-0.2, -0.15) is 10.4 Å². The van der Waals surface area contributed by atoms with Gasteiger partial charge in [0.05, 0.1) is 29.3 Å². The van der Waals surface area contributed by atoms with Crippen LogP contribution in [0.4, 0.5) is 0 Å². The van der Waals surface area contributed by atoms with Crippen LogP contribution in [0.3, 0.4) is 0 Å². The van der Waals surface area contributed by atoms with Gasteiger partial charge in [-0.05, 0) is 43.7 Å². The van der Waals surface area contributed by atoms with Crippen molar-refractivity contribution in [1.82, 2.24) is 19.7 Å². The molecule has 0 bridgehead atoms. The van der Waals surface area contributed by atoms with Crippen molar-refractivity contribution in [2.45, 2.75) is 25.8 Å². The first-order valence-corrected chi connectivity index (χ1v) is 10.5. The van der Waals surface area contributed by atoms with Gasteiger partial charge in [0.25, 0.3) is 5.56 Å². The summed E-state index contributed by atoms with van der Waals surface area (Å²) in [6.07, 6.45) is 3.04. The van der Waals surface area contributed by atoms with Gasteiger partial charge in [-0.25, -0.2) is 14.6 Å². The minimum atomic E-state index is -1.09. The molecule has 0 fully saturated rings. The summed E-state index contributed by atoms with van der Waals surface area (Å²) >= 11 is 0. The van der Waals surface area contributed by atoms with E-state index in [1.807, 2.05) is 30.3 Å². The highest BCUT2D eigenvalue weighted by Gasteiger charge is 2.30. The molecule has 0 saturated heterocycles. The summed E-state index contributed by atoms with van der Waals surface area (Å²) in [4.78, 5) is 32.6. The lowest BCUT2D eigenvalue weighted by Crippen LogP contribution is -2.28. The molecule has 0 aliphatic carbocycles. The number of carboxylic acids is 1. The van der Waals surface area contributed by atoms with E-state index < -0.39 is 11.4 Å². The fourth-order valence-electron chi connectivity index (χ4n) is 3.37. The topological polar surface area (TPSA) is 122 Å². The van der Waals surface area contributed by atoms with E-state index in [1.165, 1.54) is 23.1 Å². The van der Waals surface area contributed by atoms with Crippen LogP contribution in [0.25, 0.3) is 22.6 Å². The van der Waals surface area contributed by atoms with E-state index in [9.17, 15) is 14.7 Å². The number of aromatic nitrogens is 4. The van der Waals surface area contributed by atoms with Crippen molar-refractivity contribution in [3.8, 4) is 28.7 Å². The molecule has 2 aromatic carbocycles. The average molecular weight is 451 g/mol. The first-order valence-electron chi connectivity index (χ1n) is 10.5. The lowest BCUT2D eigenvalue weighted by molar-refractivity contribution is -0.142. The molecule has 0 aliphatic rings. The van der Waals surface area contributed by atoms with Crippen molar-refractivity contribution in [2.75, 3.05) is 0 Å². The zero-order valence-electron chi connectivity index (χ0n) is 18.6.